The van der Waals surface area contributed by atoms with Gasteiger partial charge in [-0.05, 0) is 19.1 Å². The molecule has 1 aromatic rings. The fourth-order valence-electron chi connectivity index (χ4n) is 0.772. The first-order valence-electron chi connectivity index (χ1n) is 3.43. The number of hydrogen-bond donors (Lipinski definition) is 0. The number of carbonyl (C=O) groups is 1. The number of hydrogen-bond acceptors (Lipinski definition) is 2. The lowest BCUT2D eigenvalue weighted by Gasteiger charge is -1.99. The molecule has 0 N–H and O–H groups in total. The molecule has 0 amide bonds. The molecule has 0 spiro atoms. The van der Waals surface area contributed by atoms with Crippen LogP contribution in [0, 0.1) is 14.4 Å². The van der Waals surface area contributed by atoms with Gasteiger partial charge in [0, 0.05) is 14.4 Å². The maximum atomic E-state index is 10.5. The number of esters is 1. The van der Waals surface area contributed by atoms with Gasteiger partial charge in [-0.25, -0.2) is 0 Å². The summed E-state index contributed by atoms with van der Waals surface area (Å²) >= 11 is 0. The third kappa shape index (κ3) is 3.10. The van der Waals surface area contributed by atoms with E-state index in [4.69, 9.17) is 4.74 Å². The van der Waals surface area contributed by atoms with Crippen LogP contribution in [0.2, 0.25) is 0 Å². The highest BCUT2D eigenvalue weighted by Gasteiger charge is 1.94. The Morgan fingerprint density at radius 2 is 1.75 bits per heavy atom. The van der Waals surface area contributed by atoms with Crippen molar-refractivity contribution in [1.29, 1.82) is 0 Å². The first kappa shape index (κ1) is 10.6. The van der Waals surface area contributed by atoms with Gasteiger partial charge in [-0.3, -0.25) is 4.79 Å². The molecule has 0 unspecified atom stereocenters. The molecule has 0 bridgehead atoms. The molecule has 0 aliphatic heterocycles. The Balaban J connectivity index is 0.00000121. The van der Waals surface area contributed by atoms with Crippen LogP contribution >= 0.6 is 0 Å². The first-order chi connectivity index (χ1) is 5.18. The molecule has 0 atom stereocenters. The maximum Gasteiger partial charge on any atom is 0.308 e. The van der Waals surface area contributed by atoms with Crippen molar-refractivity contribution in [2.75, 3.05) is 0 Å². The Hall–Kier alpha value is -1.44. The molecular weight excluding hydrogens is 152 g/mol. The standard InChI is InChI=1S/C9H10O2.CH3/c1-7-3-5-9(6-4-7)11-8(2)10;/h3-6H,1-2H3;1H3/q;+1. The molecule has 0 aliphatic rings. The Bertz CT molecular complexity index is 249. The van der Waals surface area contributed by atoms with Gasteiger partial charge in [-0.2, -0.15) is 0 Å². The average molecular weight is 165 g/mol. The minimum absolute atomic E-state index is 0. The monoisotopic (exact) mass is 165 g/mol. The zero-order valence-corrected chi connectivity index (χ0v) is 7.63. The summed E-state index contributed by atoms with van der Waals surface area (Å²) in [6.45, 7) is 3.37. The topological polar surface area (TPSA) is 26.3 Å². The molecule has 0 aromatic heterocycles. The second-order valence-corrected chi connectivity index (χ2v) is 2.41. The molecule has 12 heavy (non-hydrogen) atoms. The van der Waals surface area contributed by atoms with Crippen LogP contribution in [0.5, 0.6) is 5.75 Å². The Kier molecular flexibility index (Phi) is 3.91. The van der Waals surface area contributed by atoms with E-state index < -0.39 is 0 Å². The predicted molar refractivity (Wildman–Crippen MR) is 48.9 cm³/mol. The van der Waals surface area contributed by atoms with E-state index in [2.05, 4.69) is 0 Å². The van der Waals surface area contributed by atoms with Gasteiger partial charge in [0.25, 0.3) is 0 Å². The van der Waals surface area contributed by atoms with Crippen molar-refractivity contribution >= 4 is 5.97 Å². The Morgan fingerprint density at radius 3 is 2.17 bits per heavy atom. The van der Waals surface area contributed by atoms with Gasteiger partial charge in [0.1, 0.15) is 5.75 Å². The lowest BCUT2D eigenvalue weighted by molar-refractivity contribution is -0.131. The highest BCUT2D eigenvalue weighted by molar-refractivity contribution is 5.69. The van der Waals surface area contributed by atoms with Crippen molar-refractivity contribution in [2.24, 2.45) is 0 Å². The van der Waals surface area contributed by atoms with Crippen molar-refractivity contribution in [3.63, 3.8) is 0 Å². The van der Waals surface area contributed by atoms with Gasteiger partial charge >= 0.3 is 5.97 Å². The number of ether oxygens (including phenoxy) is 1. The zero-order chi connectivity index (χ0) is 8.27. The van der Waals surface area contributed by atoms with E-state index in [1.165, 1.54) is 6.92 Å². The minimum Gasteiger partial charge on any atom is -0.427 e. The number of rotatable bonds is 1. The van der Waals surface area contributed by atoms with Crippen LogP contribution < -0.4 is 4.74 Å². The Labute approximate surface area is 73.2 Å². The second kappa shape index (κ2) is 4.44. The third-order valence-electron chi connectivity index (χ3n) is 1.28. The van der Waals surface area contributed by atoms with Gasteiger partial charge in [-0.1, -0.05) is 17.7 Å². The largest absolute Gasteiger partial charge is 0.427 e. The number of carbonyl (C=O) groups excluding carboxylic acids is 1. The van der Waals surface area contributed by atoms with Gasteiger partial charge in [-0.15, -0.1) is 0 Å². The summed E-state index contributed by atoms with van der Waals surface area (Å²) in [6, 6.07) is 7.35. The van der Waals surface area contributed by atoms with Crippen LogP contribution in [-0.4, -0.2) is 5.97 Å². The highest BCUT2D eigenvalue weighted by Crippen LogP contribution is 2.10. The van der Waals surface area contributed by atoms with Crippen LogP contribution in [0.4, 0.5) is 0 Å². The molecule has 2 nitrogen and oxygen atoms in total. The lowest BCUT2D eigenvalue weighted by Crippen LogP contribution is -2.00. The van der Waals surface area contributed by atoms with E-state index in [1.54, 1.807) is 12.1 Å². The summed E-state index contributed by atoms with van der Waals surface area (Å²) in [5, 5.41) is 0. The summed E-state index contributed by atoms with van der Waals surface area (Å²) in [4.78, 5) is 10.5. The summed E-state index contributed by atoms with van der Waals surface area (Å²) in [6.07, 6.45) is 0. The van der Waals surface area contributed by atoms with Crippen LogP contribution in [0.25, 0.3) is 0 Å². The van der Waals surface area contributed by atoms with Crippen molar-refractivity contribution in [2.45, 2.75) is 13.8 Å². The first-order valence-corrected chi connectivity index (χ1v) is 3.43. The quantitative estimate of drug-likeness (QED) is 0.363. The SMILES string of the molecule is CC(=O)Oc1ccc(C)cc1.[CH3+]. The second-order valence-electron chi connectivity index (χ2n) is 2.41. The fourth-order valence-corrected chi connectivity index (χ4v) is 0.772. The third-order valence-corrected chi connectivity index (χ3v) is 1.28. The summed E-state index contributed by atoms with van der Waals surface area (Å²) in [5.41, 5.74) is 1.15. The number of aryl methyl sites for hydroxylation is 1. The zero-order valence-electron chi connectivity index (χ0n) is 7.63. The van der Waals surface area contributed by atoms with Crippen LogP contribution in [0.1, 0.15) is 12.5 Å². The van der Waals surface area contributed by atoms with E-state index in [1.807, 2.05) is 19.1 Å². The molecule has 0 saturated heterocycles. The molecule has 2 heteroatoms. The van der Waals surface area contributed by atoms with Crippen LogP contribution in [-0.2, 0) is 4.79 Å². The van der Waals surface area contributed by atoms with Crippen molar-refractivity contribution in [3.8, 4) is 5.75 Å². The average Bonchev–Trinajstić information content (AvgIpc) is 1.93. The Morgan fingerprint density at radius 1 is 1.25 bits per heavy atom. The smallest absolute Gasteiger partial charge is 0.308 e. The van der Waals surface area contributed by atoms with Crippen molar-refractivity contribution < 1.29 is 9.53 Å². The molecule has 0 aliphatic carbocycles. The van der Waals surface area contributed by atoms with E-state index >= 15 is 0 Å². The van der Waals surface area contributed by atoms with E-state index in [0.717, 1.165) is 5.56 Å². The van der Waals surface area contributed by atoms with Gasteiger partial charge in [0.05, 0.1) is 0 Å². The predicted octanol–water partition coefficient (Wildman–Crippen LogP) is 2.37. The maximum absolute atomic E-state index is 10.5. The lowest BCUT2D eigenvalue weighted by atomic mass is 10.2. The molecule has 1 aromatic carbocycles. The van der Waals surface area contributed by atoms with Crippen LogP contribution in [0.15, 0.2) is 24.3 Å². The van der Waals surface area contributed by atoms with Gasteiger partial charge in [0.2, 0.25) is 0 Å². The molecular formula is C10H13O2+. The summed E-state index contributed by atoms with van der Waals surface area (Å²) in [7, 11) is 0. The molecule has 0 radical (unpaired) electrons. The van der Waals surface area contributed by atoms with Gasteiger partial charge < -0.3 is 4.74 Å². The molecule has 0 heterocycles. The highest BCUT2D eigenvalue weighted by atomic mass is 16.5. The van der Waals surface area contributed by atoms with E-state index in [9.17, 15) is 4.79 Å². The van der Waals surface area contributed by atoms with E-state index in [0.29, 0.717) is 5.75 Å². The molecule has 0 saturated carbocycles. The fraction of sp³-hybridized carbons (Fsp3) is 0.200. The van der Waals surface area contributed by atoms with Gasteiger partial charge in [0.15, 0.2) is 0 Å². The summed E-state index contributed by atoms with van der Waals surface area (Å²) < 4.78 is 4.83. The number of benzene rings is 1. The van der Waals surface area contributed by atoms with Crippen molar-refractivity contribution in [1.82, 2.24) is 0 Å². The summed E-state index contributed by atoms with van der Waals surface area (Å²) in [5.74, 6) is 0.317. The molecule has 1 rings (SSSR count). The molecule has 64 valence electrons. The van der Waals surface area contributed by atoms with Crippen LogP contribution in [0.3, 0.4) is 0 Å². The minimum atomic E-state index is -0.283. The normalized spacial score (nSPS) is 8.50. The molecule has 0 fully saturated rings. The van der Waals surface area contributed by atoms with E-state index in [-0.39, 0.29) is 13.4 Å². The van der Waals surface area contributed by atoms with Crippen molar-refractivity contribution in [3.05, 3.63) is 37.3 Å².